The minimum absolute atomic E-state index is 0.0243. The smallest absolute Gasteiger partial charge is 0.337 e. The number of rotatable bonds is 5. The number of aromatic nitrogens is 1. The highest BCUT2D eigenvalue weighted by molar-refractivity contribution is 7.90. The van der Waals surface area contributed by atoms with Crippen LogP contribution in [0.1, 0.15) is 26.3 Å². The molecule has 1 aliphatic rings. The van der Waals surface area contributed by atoms with Crippen LogP contribution in [0.15, 0.2) is 106 Å². The normalized spacial score (nSPS) is 14.3. The summed E-state index contributed by atoms with van der Waals surface area (Å²) in [4.78, 5) is 29.1. The fourth-order valence-electron chi connectivity index (χ4n) is 3.92. The first-order valence-electron chi connectivity index (χ1n) is 10.9. The van der Waals surface area contributed by atoms with Crippen LogP contribution in [0.25, 0.3) is 10.9 Å². The Kier molecular flexibility index (Phi) is 5.91. The van der Waals surface area contributed by atoms with Crippen LogP contribution in [0.4, 0.5) is 5.69 Å². The average Bonchev–Trinajstić information content (AvgIpc) is 2.91. The van der Waals surface area contributed by atoms with Crippen molar-refractivity contribution in [2.45, 2.75) is 4.90 Å². The number of sulfonamides is 1. The van der Waals surface area contributed by atoms with Crippen molar-refractivity contribution >= 4 is 44.1 Å². The number of hydrogen-bond donors (Lipinski definition) is 1. The van der Waals surface area contributed by atoms with Gasteiger partial charge in [-0.05, 0) is 42.5 Å². The predicted octanol–water partition coefficient (Wildman–Crippen LogP) is 4.39. The van der Waals surface area contributed by atoms with Crippen molar-refractivity contribution in [2.24, 2.45) is 4.40 Å². The van der Waals surface area contributed by atoms with Crippen molar-refractivity contribution in [3.05, 3.63) is 114 Å². The number of ketones is 1. The zero-order chi connectivity index (χ0) is 25.3. The number of carbonyl (C=O) groups excluding carboxylic acids is 2. The SMILES string of the molecule is COC(=O)c1ccc(NC2=CC(=NS(=O)(=O)c3cccc4cccnc34)c3ccccc3C2=O)cc1. The van der Waals surface area contributed by atoms with E-state index >= 15 is 0 Å². The molecular formula is C27H19N3O5S. The van der Waals surface area contributed by atoms with Crippen LogP contribution in [0, 0.1) is 0 Å². The quantitative estimate of drug-likeness (QED) is 0.407. The lowest BCUT2D eigenvalue weighted by atomic mass is 9.92. The van der Waals surface area contributed by atoms with Crippen LogP contribution in [-0.2, 0) is 14.8 Å². The van der Waals surface area contributed by atoms with Crippen molar-refractivity contribution in [1.29, 1.82) is 0 Å². The standard InChI is InChI=1S/C27H19N3O5S/c1-35-27(32)18-11-13-19(14-12-18)29-23-16-22(20-8-2-3-9-21(20)26(23)31)30-36(33,34)24-10-4-6-17-7-5-15-28-25(17)24/h2-16,29H,1H3. The number of pyridine rings is 1. The number of para-hydroxylation sites is 1. The molecule has 0 unspecified atom stereocenters. The predicted molar refractivity (Wildman–Crippen MR) is 136 cm³/mol. The molecule has 0 aliphatic heterocycles. The van der Waals surface area contributed by atoms with Crippen molar-refractivity contribution < 1.29 is 22.7 Å². The molecule has 0 amide bonds. The summed E-state index contributed by atoms with van der Waals surface area (Å²) in [6.45, 7) is 0. The van der Waals surface area contributed by atoms with Crippen molar-refractivity contribution in [2.75, 3.05) is 12.4 Å². The number of esters is 1. The van der Waals surface area contributed by atoms with E-state index in [9.17, 15) is 18.0 Å². The monoisotopic (exact) mass is 497 g/mol. The van der Waals surface area contributed by atoms with Crippen LogP contribution in [0.5, 0.6) is 0 Å². The maximum atomic E-state index is 13.4. The highest BCUT2D eigenvalue weighted by atomic mass is 32.2. The van der Waals surface area contributed by atoms with Crippen LogP contribution in [-0.4, -0.2) is 38.0 Å². The first-order chi connectivity index (χ1) is 17.4. The molecule has 178 valence electrons. The summed E-state index contributed by atoms with van der Waals surface area (Å²) in [5.74, 6) is -0.795. The second-order valence-electron chi connectivity index (χ2n) is 7.91. The maximum Gasteiger partial charge on any atom is 0.337 e. The fraction of sp³-hybridized carbons (Fsp3) is 0.0370. The Hall–Kier alpha value is -4.63. The molecule has 36 heavy (non-hydrogen) atoms. The van der Waals surface area contributed by atoms with Crippen molar-refractivity contribution in [3.8, 4) is 0 Å². The molecule has 0 fully saturated rings. The topological polar surface area (TPSA) is 115 Å². The lowest BCUT2D eigenvalue weighted by Gasteiger charge is -2.19. The summed E-state index contributed by atoms with van der Waals surface area (Å²) in [6, 6.07) is 21.4. The average molecular weight is 498 g/mol. The van der Waals surface area contributed by atoms with Gasteiger partial charge < -0.3 is 10.1 Å². The molecule has 0 spiro atoms. The molecule has 1 heterocycles. The number of fused-ring (bicyclic) bond motifs is 2. The van der Waals surface area contributed by atoms with E-state index in [1.807, 2.05) is 0 Å². The second kappa shape index (κ2) is 9.20. The minimum Gasteiger partial charge on any atom is -0.465 e. The molecule has 0 radical (unpaired) electrons. The van der Waals surface area contributed by atoms with Gasteiger partial charge in [0.05, 0.1) is 29.6 Å². The van der Waals surface area contributed by atoms with Crippen LogP contribution >= 0.6 is 0 Å². The first kappa shape index (κ1) is 23.1. The van der Waals surface area contributed by atoms with E-state index in [4.69, 9.17) is 4.74 Å². The molecule has 1 aliphatic carbocycles. The van der Waals surface area contributed by atoms with Gasteiger partial charge >= 0.3 is 5.97 Å². The number of ether oxygens (including phenoxy) is 1. The van der Waals surface area contributed by atoms with Gasteiger partial charge in [-0.25, -0.2) is 4.79 Å². The van der Waals surface area contributed by atoms with Gasteiger partial charge in [-0.2, -0.15) is 12.8 Å². The number of allylic oxidation sites excluding steroid dienone is 2. The first-order valence-corrected chi connectivity index (χ1v) is 12.3. The molecule has 0 saturated heterocycles. The molecule has 8 nitrogen and oxygen atoms in total. The van der Waals surface area contributed by atoms with Crippen LogP contribution in [0.2, 0.25) is 0 Å². The van der Waals surface area contributed by atoms with Gasteiger partial charge in [0.2, 0.25) is 5.78 Å². The Balaban J connectivity index is 1.58. The molecule has 3 aromatic carbocycles. The Bertz CT molecular complexity index is 1690. The maximum absolute atomic E-state index is 13.4. The molecular weight excluding hydrogens is 478 g/mol. The van der Waals surface area contributed by atoms with Gasteiger partial charge in [0, 0.05) is 28.4 Å². The van der Waals surface area contributed by atoms with Crippen LogP contribution in [0.3, 0.4) is 0 Å². The fourth-order valence-corrected chi connectivity index (χ4v) is 5.10. The van der Waals surface area contributed by atoms with Gasteiger partial charge in [-0.3, -0.25) is 9.78 Å². The molecule has 0 saturated carbocycles. The van der Waals surface area contributed by atoms with Crippen molar-refractivity contribution in [1.82, 2.24) is 4.98 Å². The summed E-state index contributed by atoms with van der Waals surface area (Å²) in [5.41, 5.74) is 2.19. The number of Topliss-reactive ketones (excluding diaryl/α,β-unsaturated/α-hetero) is 1. The largest absolute Gasteiger partial charge is 0.465 e. The summed E-state index contributed by atoms with van der Waals surface area (Å²) >= 11 is 0. The van der Waals surface area contributed by atoms with E-state index < -0.39 is 16.0 Å². The van der Waals surface area contributed by atoms with E-state index in [1.165, 1.54) is 25.4 Å². The summed E-state index contributed by atoms with van der Waals surface area (Å²) < 4.78 is 35.6. The highest BCUT2D eigenvalue weighted by Gasteiger charge is 2.27. The lowest BCUT2D eigenvalue weighted by Crippen LogP contribution is -2.22. The third-order valence-corrected chi connectivity index (χ3v) is 6.97. The summed E-state index contributed by atoms with van der Waals surface area (Å²) in [6.07, 6.45) is 2.94. The third-order valence-electron chi connectivity index (χ3n) is 5.65. The molecule has 9 heteroatoms. The number of carbonyl (C=O) groups is 2. The van der Waals surface area contributed by atoms with Gasteiger partial charge in [-0.15, -0.1) is 0 Å². The Morgan fingerprint density at radius 1 is 0.917 bits per heavy atom. The molecule has 4 aromatic rings. The van der Waals surface area contributed by atoms with Gasteiger partial charge in [-0.1, -0.05) is 42.5 Å². The van der Waals surface area contributed by atoms with Gasteiger partial charge in [0.1, 0.15) is 4.90 Å². The van der Waals surface area contributed by atoms with E-state index in [2.05, 4.69) is 14.7 Å². The van der Waals surface area contributed by atoms with E-state index in [0.29, 0.717) is 33.3 Å². The molecule has 1 N–H and O–H groups in total. The van der Waals surface area contributed by atoms with Gasteiger partial charge in [0.25, 0.3) is 10.0 Å². The number of anilines is 1. The number of nitrogens with zero attached hydrogens (tertiary/aromatic N) is 2. The van der Waals surface area contributed by atoms with Crippen LogP contribution < -0.4 is 5.32 Å². The number of methoxy groups -OCH3 is 1. The number of hydrogen-bond acceptors (Lipinski definition) is 7. The Morgan fingerprint density at radius 2 is 1.64 bits per heavy atom. The zero-order valence-corrected chi connectivity index (χ0v) is 19.8. The minimum atomic E-state index is -4.17. The van der Waals surface area contributed by atoms with E-state index in [1.54, 1.807) is 72.8 Å². The molecule has 0 atom stereocenters. The molecule has 0 bridgehead atoms. The second-order valence-corrected chi connectivity index (χ2v) is 9.48. The molecule has 1 aromatic heterocycles. The third kappa shape index (κ3) is 4.27. The zero-order valence-electron chi connectivity index (χ0n) is 19.0. The summed E-state index contributed by atoms with van der Waals surface area (Å²) in [5, 5.41) is 3.68. The van der Waals surface area contributed by atoms with Crippen molar-refractivity contribution in [3.63, 3.8) is 0 Å². The lowest BCUT2D eigenvalue weighted by molar-refractivity contribution is 0.0600. The Morgan fingerprint density at radius 3 is 2.39 bits per heavy atom. The molecule has 5 rings (SSSR count). The number of benzene rings is 3. The highest BCUT2D eigenvalue weighted by Crippen LogP contribution is 2.27. The van der Waals surface area contributed by atoms with E-state index in [-0.39, 0.29) is 22.1 Å². The number of nitrogens with one attached hydrogen (secondary N) is 1. The van der Waals surface area contributed by atoms with Gasteiger partial charge in [0.15, 0.2) is 0 Å². The Labute approximate surface area is 207 Å². The van der Waals surface area contributed by atoms with E-state index in [0.717, 1.165) is 0 Å². The summed E-state index contributed by atoms with van der Waals surface area (Å²) in [7, 11) is -2.88.